The van der Waals surface area contributed by atoms with Crippen molar-refractivity contribution in [2.45, 2.75) is 13.1 Å². The van der Waals surface area contributed by atoms with Crippen LogP contribution in [0.1, 0.15) is 22.0 Å². The molecule has 2 heterocycles. The van der Waals surface area contributed by atoms with E-state index in [0.717, 1.165) is 5.69 Å². The van der Waals surface area contributed by atoms with Crippen molar-refractivity contribution in [3.63, 3.8) is 0 Å². The van der Waals surface area contributed by atoms with Crippen molar-refractivity contribution in [2.24, 2.45) is 5.73 Å². The smallest absolute Gasteiger partial charge is 0.287 e. The third-order valence-corrected chi connectivity index (χ3v) is 2.08. The second-order valence-corrected chi connectivity index (χ2v) is 3.23. The minimum absolute atomic E-state index is 0.264. The van der Waals surface area contributed by atoms with E-state index in [-0.39, 0.29) is 18.2 Å². The number of carbonyl (C=O) groups is 1. The average Bonchev–Trinajstić information content (AvgIpc) is 2.96. The Kier molecular flexibility index (Phi) is 3.02. The lowest BCUT2D eigenvalue weighted by molar-refractivity contribution is 0.0921. The number of nitrogens with two attached hydrogens (primary N) is 1. The Balaban J connectivity index is 1.93. The molecule has 6 heteroatoms. The fourth-order valence-corrected chi connectivity index (χ4v) is 1.25. The van der Waals surface area contributed by atoms with Gasteiger partial charge in [0.25, 0.3) is 5.91 Å². The summed E-state index contributed by atoms with van der Waals surface area (Å²) >= 11 is 0. The van der Waals surface area contributed by atoms with Crippen molar-refractivity contribution in [2.75, 3.05) is 0 Å². The summed E-state index contributed by atoms with van der Waals surface area (Å²) in [5, 5.41) is 2.69. The van der Waals surface area contributed by atoms with E-state index in [9.17, 15) is 4.79 Å². The quantitative estimate of drug-likeness (QED) is 0.694. The number of rotatable bonds is 4. The van der Waals surface area contributed by atoms with Crippen LogP contribution in [0, 0.1) is 0 Å². The van der Waals surface area contributed by atoms with Crippen LogP contribution in [0.15, 0.2) is 29.1 Å². The average molecular weight is 220 g/mol. The molecule has 16 heavy (non-hydrogen) atoms. The van der Waals surface area contributed by atoms with Gasteiger partial charge in [-0.15, -0.1) is 0 Å². The molecule has 0 atom stereocenters. The van der Waals surface area contributed by atoms with Gasteiger partial charge >= 0.3 is 0 Å². The Labute approximate surface area is 91.9 Å². The molecule has 0 aliphatic rings. The number of carbonyl (C=O) groups excluding carboxylic acids is 1. The summed E-state index contributed by atoms with van der Waals surface area (Å²) in [7, 11) is 0. The second-order valence-electron chi connectivity index (χ2n) is 3.23. The van der Waals surface area contributed by atoms with Crippen LogP contribution in [0.2, 0.25) is 0 Å². The molecular weight excluding hydrogens is 208 g/mol. The highest BCUT2D eigenvalue weighted by atomic mass is 16.4. The van der Waals surface area contributed by atoms with Gasteiger partial charge in [-0.2, -0.15) is 0 Å². The molecule has 84 valence electrons. The highest BCUT2D eigenvalue weighted by Gasteiger charge is 2.10. The van der Waals surface area contributed by atoms with Gasteiger partial charge in [0.1, 0.15) is 5.76 Å². The van der Waals surface area contributed by atoms with E-state index in [1.165, 1.54) is 0 Å². The van der Waals surface area contributed by atoms with Crippen molar-refractivity contribution >= 4 is 5.91 Å². The fraction of sp³-hybridized carbons (Fsp3) is 0.200. The molecule has 0 fully saturated rings. The van der Waals surface area contributed by atoms with Crippen molar-refractivity contribution < 1.29 is 9.21 Å². The number of nitrogens with one attached hydrogen (secondary N) is 2. The molecule has 2 aromatic rings. The third-order valence-electron chi connectivity index (χ3n) is 2.08. The van der Waals surface area contributed by atoms with E-state index in [4.69, 9.17) is 10.2 Å². The van der Waals surface area contributed by atoms with E-state index >= 15 is 0 Å². The first kappa shape index (κ1) is 10.4. The Bertz CT molecular complexity index is 461. The van der Waals surface area contributed by atoms with Crippen LogP contribution in [0.3, 0.4) is 0 Å². The molecule has 0 aliphatic heterocycles. The monoisotopic (exact) mass is 220 g/mol. The van der Waals surface area contributed by atoms with Gasteiger partial charge in [0.15, 0.2) is 5.76 Å². The van der Waals surface area contributed by atoms with Gasteiger partial charge in [-0.25, -0.2) is 4.98 Å². The van der Waals surface area contributed by atoms with E-state index in [0.29, 0.717) is 12.3 Å². The Hall–Kier alpha value is -2.08. The molecule has 0 radical (unpaired) electrons. The van der Waals surface area contributed by atoms with Crippen LogP contribution in [-0.2, 0) is 13.1 Å². The zero-order valence-corrected chi connectivity index (χ0v) is 8.56. The Morgan fingerprint density at radius 1 is 1.56 bits per heavy atom. The van der Waals surface area contributed by atoms with Crippen molar-refractivity contribution in [3.05, 3.63) is 41.9 Å². The van der Waals surface area contributed by atoms with E-state index in [1.807, 2.05) is 0 Å². The summed E-state index contributed by atoms with van der Waals surface area (Å²) in [6.45, 7) is 0.672. The molecule has 0 unspecified atom stereocenters. The molecule has 0 saturated heterocycles. The third kappa shape index (κ3) is 2.29. The zero-order valence-electron chi connectivity index (χ0n) is 8.56. The summed E-state index contributed by atoms with van der Waals surface area (Å²) in [5.41, 5.74) is 6.21. The normalized spacial score (nSPS) is 10.3. The molecule has 0 spiro atoms. The van der Waals surface area contributed by atoms with E-state index in [2.05, 4.69) is 15.3 Å². The van der Waals surface area contributed by atoms with Gasteiger partial charge in [-0.3, -0.25) is 4.79 Å². The fourth-order valence-electron chi connectivity index (χ4n) is 1.25. The molecule has 1 amide bonds. The van der Waals surface area contributed by atoms with E-state index in [1.54, 1.807) is 24.7 Å². The lowest BCUT2D eigenvalue weighted by atomic mass is 10.4. The molecule has 0 aromatic carbocycles. The zero-order chi connectivity index (χ0) is 11.4. The highest BCUT2D eigenvalue weighted by molar-refractivity contribution is 5.91. The molecular formula is C10H12N4O2. The van der Waals surface area contributed by atoms with Crippen molar-refractivity contribution in [3.8, 4) is 0 Å². The maximum atomic E-state index is 11.6. The molecule has 2 aromatic heterocycles. The number of aromatic nitrogens is 2. The largest absolute Gasteiger partial charge is 0.455 e. The molecule has 0 saturated carbocycles. The van der Waals surface area contributed by atoms with Gasteiger partial charge in [-0.1, -0.05) is 0 Å². The first-order chi connectivity index (χ1) is 7.79. The van der Waals surface area contributed by atoms with Gasteiger partial charge in [-0.05, 0) is 12.1 Å². The number of hydrogen-bond donors (Lipinski definition) is 3. The van der Waals surface area contributed by atoms with Crippen molar-refractivity contribution in [1.29, 1.82) is 0 Å². The molecule has 6 nitrogen and oxygen atoms in total. The molecule has 2 rings (SSSR count). The van der Waals surface area contributed by atoms with Gasteiger partial charge in [0.05, 0.1) is 25.1 Å². The number of nitrogens with zero attached hydrogens (tertiary/aromatic N) is 1. The minimum atomic E-state index is -0.269. The maximum absolute atomic E-state index is 11.6. The number of amides is 1. The van der Waals surface area contributed by atoms with Crippen LogP contribution in [0.25, 0.3) is 0 Å². The van der Waals surface area contributed by atoms with Gasteiger partial charge in [0, 0.05) is 6.20 Å². The Morgan fingerprint density at radius 2 is 2.44 bits per heavy atom. The van der Waals surface area contributed by atoms with Crippen LogP contribution in [0.5, 0.6) is 0 Å². The number of aromatic amines is 1. The second kappa shape index (κ2) is 4.63. The SMILES string of the molecule is NCc1ccc(C(=O)NCc2cnc[nH]2)o1. The Morgan fingerprint density at radius 3 is 3.06 bits per heavy atom. The summed E-state index contributed by atoms with van der Waals surface area (Å²) in [4.78, 5) is 18.3. The minimum Gasteiger partial charge on any atom is -0.455 e. The summed E-state index contributed by atoms with van der Waals surface area (Å²) in [6, 6.07) is 3.29. The summed E-state index contributed by atoms with van der Waals surface area (Å²) < 4.78 is 5.20. The van der Waals surface area contributed by atoms with Crippen molar-refractivity contribution in [1.82, 2.24) is 15.3 Å². The predicted octanol–water partition coefficient (Wildman–Crippen LogP) is 0.391. The highest BCUT2D eigenvalue weighted by Crippen LogP contribution is 2.06. The number of imidazole rings is 1. The number of H-pyrrole nitrogens is 1. The van der Waals surface area contributed by atoms with E-state index < -0.39 is 0 Å². The van der Waals surface area contributed by atoms with Crippen LogP contribution in [0.4, 0.5) is 0 Å². The predicted molar refractivity (Wildman–Crippen MR) is 56.4 cm³/mol. The maximum Gasteiger partial charge on any atom is 0.287 e. The first-order valence-corrected chi connectivity index (χ1v) is 4.84. The lowest BCUT2D eigenvalue weighted by Crippen LogP contribution is -2.22. The van der Waals surface area contributed by atoms with Gasteiger partial charge in [0.2, 0.25) is 0 Å². The molecule has 0 bridgehead atoms. The topological polar surface area (TPSA) is 96.9 Å². The first-order valence-electron chi connectivity index (χ1n) is 4.84. The molecule has 4 N–H and O–H groups in total. The standard InChI is InChI=1S/C10H12N4O2/c11-3-8-1-2-9(16-8)10(15)13-5-7-4-12-6-14-7/h1-2,4,6H,3,5,11H2,(H,12,14)(H,13,15). The van der Waals surface area contributed by atoms with Crippen LogP contribution >= 0.6 is 0 Å². The molecule has 0 aliphatic carbocycles. The summed E-state index contributed by atoms with van der Waals surface area (Å²) in [5.74, 6) is 0.584. The number of hydrogen-bond acceptors (Lipinski definition) is 4. The lowest BCUT2D eigenvalue weighted by Gasteiger charge is -2.00. The van der Waals surface area contributed by atoms with Gasteiger partial charge < -0.3 is 20.5 Å². The summed E-state index contributed by atoms with van der Waals surface area (Å²) in [6.07, 6.45) is 3.20. The van der Waals surface area contributed by atoms with Crippen LogP contribution in [-0.4, -0.2) is 15.9 Å². The number of furan rings is 1. The van der Waals surface area contributed by atoms with Crippen LogP contribution < -0.4 is 11.1 Å².